The number of anilines is 1. The lowest BCUT2D eigenvalue weighted by molar-refractivity contribution is -0.125. The average Bonchev–Trinajstić information content (AvgIpc) is 3.34. The minimum Gasteiger partial charge on any atom is -0.353 e. The van der Waals surface area contributed by atoms with Gasteiger partial charge < -0.3 is 10.2 Å². The molecule has 0 saturated carbocycles. The summed E-state index contributed by atoms with van der Waals surface area (Å²) >= 11 is 0. The number of fused-ring (bicyclic) bond motifs is 1. The van der Waals surface area contributed by atoms with Crippen LogP contribution in [0.1, 0.15) is 11.1 Å². The molecule has 158 valence electrons. The van der Waals surface area contributed by atoms with E-state index >= 15 is 0 Å². The molecule has 9 heteroatoms. The zero-order valence-corrected chi connectivity index (χ0v) is 17.3. The predicted octanol–water partition coefficient (Wildman–Crippen LogP) is 2.33. The smallest absolute Gasteiger partial charge is 0.226 e. The van der Waals surface area contributed by atoms with Crippen molar-refractivity contribution in [3.63, 3.8) is 0 Å². The van der Waals surface area contributed by atoms with Crippen LogP contribution in [0.4, 0.5) is 10.2 Å². The van der Waals surface area contributed by atoms with Gasteiger partial charge in [0.1, 0.15) is 17.7 Å². The lowest BCUT2D eigenvalue weighted by Gasteiger charge is -2.39. The molecule has 0 bridgehead atoms. The SMILES string of the molecule is Cc1ccc(CNC(=O)C2CN(c3ncnn4cc(-c5cnn(C)c5)cc34)C2)cc1F. The Hall–Kier alpha value is -3.75. The van der Waals surface area contributed by atoms with E-state index in [0.717, 1.165) is 28.0 Å². The monoisotopic (exact) mass is 419 g/mol. The molecule has 31 heavy (non-hydrogen) atoms. The lowest BCUT2D eigenvalue weighted by Crippen LogP contribution is -2.54. The molecule has 1 amide bonds. The first kappa shape index (κ1) is 19.2. The largest absolute Gasteiger partial charge is 0.353 e. The summed E-state index contributed by atoms with van der Waals surface area (Å²) in [5.74, 6) is 0.383. The third kappa shape index (κ3) is 3.63. The Bertz CT molecular complexity index is 1270. The Morgan fingerprint density at radius 1 is 1.19 bits per heavy atom. The summed E-state index contributed by atoms with van der Waals surface area (Å²) in [7, 11) is 1.88. The van der Waals surface area contributed by atoms with Crippen molar-refractivity contribution in [1.29, 1.82) is 0 Å². The molecule has 1 aliphatic heterocycles. The average molecular weight is 419 g/mol. The number of aromatic nitrogens is 5. The Balaban J connectivity index is 1.25. The van der Waals surface area contributed by atoms with Crippen molar-refractivity contribution in [3.05, 3.63) is 66.1 Å². The highest BCUT2D eigenvalue weighted by Gasteiger charge is 2.34. The maximum absolute atomic E-state index is 13.7. The Morgan fingerprint density at radius 2 is 2.03 bits per heavy atom. The summed E-state index contributed by atoms with van der Waals surface area (Å²) < 4.78 is 17.2. The fourth-order valence-electron chi connectivity index (χ4n) is 3.79. The van der Waals surface area contributed by atoms with Crippen molar-refractivity contribution >= 4 is 17.2 Å². The van der Waals surface area contributed by atoms with E-state index in [-0.39, 0.29) is 17.6 Å². The van der Waals surface area contributed by atoms with Gasteiger partial charge in [-0.2, -0.15) is 10.2 Å². The molecule has 1 N–H and O–H groups in total. The summed E-state index contributed by atoms with van der Waals surface area (Å²) in [6.07, 6.45) is 7.23. The van der Waals surface area contributed by atoms with Crippen LogP contribution in [0, 0.1) is 18.7 Å². The van der Waals surface area contributed by atoms with Gasteiger partial charge in [0, 0.05) is 50.2 Å². The van der Waals surface area contributed by atoms with E-state index in [1.165, 1.54) is 12.4 Å². The minimum atomic E-state index is -0.257. The van der Waals surface area contributed by atoms with Crippen LogP contribution in [-0.2, 0) is 18.4 Å². The molecule has 0 unspecified atom stereocenters. The molecule has 0 aliphatic carbocycles. The molecular weight excluding hydrogens is 397 g/mol. The van der Waals surface area contributed by atoms with Crippen molar-refractivity contribution in [2.45, 2.75) is 13.5 Å². The number of nitrogens with zero attached hydrogens (tertiary/aromatic N) is 6. The third-order valence-electron chi connectivity index (χ3n) is 5.68. The van der Waals surface area contributed by atoms with E-state index in [4.69, 9.17) is 0 Å². The zero-order chi connectivity index (χ0) is 21.5. The number of carbonyl (C=O) groups excluding carboxylic acids is 1. The van der Waals surface area contributed by atoms with Gasteiger partial charge >= 0.3 is 0 Å². The first-order valence-corrected chi connectivity index (χ1v) is 10.1. The number of benzene rings is 1. The summed E-state index contributed by atoms with van der Waals surface area (Å²) in [5.41, 5.74) is 4.25. The van der Waals surface area contributed by atoms with Crippen LogP contribution < -0.4 is 10.2 Å². The summed E-state index contributed by atoms with van der Waals surface area (Å²) in [5, 5.41) is 11.4. The molecular formula is C22H22FN7O. The molecule has 4 heterocycles. The number of aryl methyl sites for hydroxylation is 2. The number of amides is 1. The van der Waals surface area contributed by atoms with Crippen molar-refractivity contribution in [2.24, 2.45) is 13.0 Å². The second kappa shape index (κ2) is 7.50. The van der Waals surface area contributed by atoms with Crippen LogP contribution in [0.25, 0.3) is 16.6 Å². The van der Waals surface area contributed by atoms with E-state index < -0.39 is 0 Å². The van der Waals surface area contributed by atoms with Gasteiger partial charge in [-0.05, 0) is 30.2 Å². The van der Waals surface area contributed by atoms with E-state index in [2.05, 4.69) is 25.4 Å². The summed E-state index contributed by atoms with van der Waals surface area (Å²) in [6.45, 7) is 3.19. The van der Waals surface area contributed by atoms with Crippen LogP contribution in [0.2, 0.25) is 0 Å². The number of carbonyl (C=O) groups is 1. The highest BCUT2D eigenvalue weighted by molar-refractivity contribution is 5.84. The fourth-order valence-corrected chi connectivity index (χ4v) is 3.79. The Morgan fingerprint density at radius 3 is 2.77 bits per heavy atom. The quantitative estimate of drug-likeness (QED) is 0.537. The van der Waals surface area contributed by atoms with Gasteiger partial charge in [0.25, 0.3) is 0 Å². The van der Waals surface area contributed by atoms with E-state index in [1.54, 1.807) is 22.2 Å². The van der Waals surface area contributed by atoms with Gasteiger partial charge in [-0.3, -0.25) is 9.48 Å². The molecule has 1 aliphatic rings. The van der Waals surface area contributed by atoms with Gasteiger partial charge in [-0.25, -0.2) is 13.9 Å². The van der Waals surface area contributed by atoms with Gasteiger partial charge in [0.15, 0.2) is 5.82 Å². The first-order valence-electron chi connectivity index (χ1n) is 10.1. The number of hydrogen-bond donors (Lipinski definition) is 1. The predicted molar refractivity (Wildman–Crippen MR) is 114 cm³/mol. The van der Waals surface area contributed by atoms with Gasteiger partial charge in [-0.15, -0.1) is 0 Å². The van der Waals surface area contributed by atoms with Crippen LogP contribution in [0.15, 0.2) is 49.2 Å². The van der Waals surface area contributed by atoms with Crippen LogP contribution >= 0.6 is 0 Å². The Kier molecular flexibility index (Phi) is 4.65. The molecule has 5 rings (SSSR count). The second-order valence-corrected chi connectivity index (χ2v) is 7.95. The molecule has 0 atom stereocenters. The molecule has 0 radical (unpaired) electrons. The third-order valence-corrected chi connectivity index (χ3v) is 5.68. The van der Waals surface area contributed by atoms with Crippen LogP contribution in [0.3, 0.4) is 0 Å². The number of halogens is 1. The number of hydrogen-bond acceptors (Lipinski definition) is 5. The van der Waals surface area contributed by atoms with Crippen molar-refractivity contribution in [3.8, 4) is 11.1 Å². The second-order valence-electron chi connectivity index (χ2n) is 7.95. The first-order chi connectivity index (χ1) is 15.0. The molecule has 8 nitrogen and oxygen atoms in total. The van der Waals surface area contributed by atoms with E-state index in [1.807, 2.05) is 37.8 Å². The number of nitrogens with one attached hydrogen (secondary N) is 1. The molecule has 4 aromatic rings. The highest BCUT2D eigenvalue weighted by Crippen LogP contribution is 2.30. The van der Waals surface area contributed by atoms with Crippen LogP contribution in [-0.4, -0.2) is 43.4 Å². The molecule has 1 aromatic carbocycles. The minimum absolute atomic E-state index is 0.0336. The van der Waals surface area contributed by atoms with E-state index in [9.17, 15) is 9.18 Å². The molecule has 1 saturated heterocycles. The topological polar surface area (TPSA) is 80.3 Å². The van der Waals surface area contributed by atoms with Crippen LogP contribution in [0.5, 0.6) is 0 Å². The summed E-state index contributed by atoms with van der Waals surface area (Å²) in [4.78, 5) is 19.0. The van der Waals surface area contributed by atoms with Gasteiger partial charge in [0.05, 0.1) is 12.1 Å². The molecule has 1 fully saturated rings. The number of rotatable bonds is 5. The molecule has 0 spiro atoms. The molecule has 3 aromatic heterocycles. The Labute approximate surface area is 178 Å². The maximum Gasteiger partial charge on any atom is 0.226 e. The van der Waals surface area contributed by atoms with Gasteiger partial charge in [0.2, 0.25) is 5.91 Å². The highest BCUT2D eigenvalue weighted by atomic mass is 19.1. The normalized spacial score (nSPS) is 14.1. The van der Waals surface area contributed by atoms with E-state index in [0.29, 0.717) is 25.2 Å². The maximum atomic E-state index is 13.7. The fraction of sp³-hybridized carbons (Fsp3) is 0.273. The lowest BCUT2D eigenvalue weighted by atomic mass is 9.99. The van der Waals surface area contributed by atoms with Crippen molar-refractivity contribution in [2.75, 3.05) is 18.0 Å². The zero-order valence-electron chi connectivity index (χ0n) is 17.3. The van der Waals surface area contributed by atoms with Gasteiger partial charge in [-0.1, -0.05) is 12.1 Å². The summed E-state index contributed by atoms with van der Waals surface area (Å²) in [6, 6.07) is 7.05. The standard InChI is InChI=1S/C22H22FN7O/c1-14-3-4-15(5-19(14)23)7-24-22(31)18-10-29(11-18)21-20-6-16(12-30(20)27-13-25-21)17-8-26-28(2)9-17/h3-6,8-9,12-13,18H,7,10-11H2,1-2H3,(H,24,31). The van der Waals surface area contributed by atoms with Crippen molar-refractivity contribution < 1.29 is 9.18 Å². The van der Waals surface area contributed by atoms with Crippen molar-refractivity contribution in [1.82, 2.24) is 29.7 Å².